The maximum atomic E-state index is 6.55. The van der Waals surface area contributed by atoms with Crippen LogP contribution in [0.25, 0.3) is 54.3 Å². The van der Waals surface area contributed by atoms with Gasteiger partial charge in [0.05, 0.1) is 0 Å². The number of allylic oxidation sites excluding steroid dienone is 6. The molecule has 3 aliphatic carbocycles. The molecule has 0 fully saturated rings. The number of furan rings is 1. The standard InChI is InChI=1S/C52H41NO/c1-51(2)46-20-10-8-17-41(46)45-32-35(24-26-47(45)51)53(34-23-25-40-38-15-5-4-13-36(38)37-14-6-7-16-39(37)44(40)31-34)33-27-29-52(3,30-28-33)48-21-12-19-43-42-18-9-11-22-49(42)54-50(43)48/h4-29,31-32,45,47H,30H2,1-3H3/t45?,47?,52-/m1/s1. The van der Waals surface area contributed by atoms with E-state index in [4.69, 9.17) is 4.42 Å². The Morgan fingerprint density at radius 3 is 1.94 bits per heavy atom. The molecule has 2 nitrogen and oxygen atoms in total. The van der Waals surface area contributed by atoms with Gasteiger partial charge in [-0.1, -0.05) is 160 Å². The second-order valence-corrected chi connectivity index (χ2v) is 16.3. The molecule has 3 aliphatic rings. The van der Waals surface area contributed by atoms with Crippen molar-refractivity contribution >= 4 is 59.9 Å². The predicted molar refractivity (Wildman–Crippen MR) is 227 cm³/mol. The lowest BCUT2D eigenvalue weighted by atomic mass is 9.74. The Hall–Kier alpha value is -6.12. The molecule has 3 atom stereocenters. The topological polar surface area (TPSA) is 16.4 Å². The van der Waals surface area contributed by atoms with Gasteiger partial charge >= 0.3 is 0 Å². The number of anilines is 1. The summed E-state index contributed by atoms with van der Waals surface area (Å²) in [7, 11) is 0. The van der Waals surface area contributed by atoms with E-state index in [0.717, 1.165) is 17.6 Å². The second-order valence-electron chi connectivity index (χ2n) is 16.3. The summed E-state index contributed by atoms with van der Waals surface area (Å²) in [5, 5.41) is 10.1. The predicted octanol–water partition coefficient (Wildman–Crippen LogP) is 13.8. The third kappa shape index (κ3) is 4.46. The monoisotopic (exact) mass is 695 g/mol. The van der Waals surface area contributed by atoms with Crippen LogP contribution in [-0.2, 0) is 10.8 Å². The van der Waals surface area contributed by atoms with Crippen molar-refractivity contribution in [2.45, 2.75) is 43.9 Å². The molecule has 0 spiro atoms. The van der Waals surface area contributed by atoms with Crippen LogP contribution in [0.5, 0.6) is 0 Å². The van der Waals surface area contributed by atoms with E-state index in [0.29, 0.717) is 11.8 Å². The van der Waals surface area contributed by atoms with E-state index in [1.807, 2.05) is 0 Å². The van der Waals surface area contributed by atoms with Crippen molar-refractivity contribution in [3.63, 3.8) is 0 Å². The highest BCUT2D eigenvalue weighted by Crippen LogP contribution is 2.54. The lowest BCUT2D eigenvalue weighted by Crippen LogP contribution is -2.29. The molecule has 0 N–H and O–H groups in total. The molecular weight excluding hydrogens is 655 g/mol. The first-order valence-corrected chi connectivity index (χ1v) is 19.3. The summed E-state index contributed by atoms with van der Waals surface area (Å²) in [5.41, 5.74) is 9.47. The average molecular weight is 696 g/mol. The van der Waals surface area contributed by atoms with E-state index in [2.05, 4.69) is 196 Å². The first kappa shape index (κ1) is 31.4. The summed E-state index contributed by atoms with van der Waals surface area (Å²) in [4.78, 5) is 2.50. The van der Waals surface area contributed by atoms with Gasteiger partial charge in [-0.15, -0.1) is 0 Å². The fraction of sp³-hybridized carbons (Fsp3) is 0.154. The van der Waals surface area contributed by atoms with Crippen molar-refractivity contribution in [3.05, 3.63) is 198 Å². The zero-order valence-electron chi connectivity index (χ0n) is 30.9. The van der Waals surface area contributed by atoms with Gasteiger partial charge in [-0.2, -0.15) is 0 Å². The first-order chi connectivity index (χ1) is 26.4. The third-order valence-electron chi connectivity index (χ3n) is 12.9. The Balaban J connectivity index is 1.08. The molecule has 54 heavy (non-hydrogen) atoms. The highest BCUT2D eigenvalue weighted by molar-refractivity contribution is 6.25. The van der Waals surface area contributed by atoms with Gasteiger partial charge in [0.15, 0.2) is 0 Å². The minimum absolute atomic E-state index is 0.0665. The van der Waals surface area contributed by atoms with Gasteiger partial charge in [-0.3, -0.25) is 0 Å². The van der Waals surface area contributed by atoms with Gasteiger partial charge in [0, 0.05) is 44.8 Å². The largest absolute Gasteiger partial charge is 0.456 e. The Kier molecular flexibility index (Phi) is 6.65. The van der Waals surface area contributed by atoms with Crippen LogP contribution in [0.4, 0.5) is 5.69 Å². The minimum atomic E-state index is -0.225. The fourth-order valence-corrected chi connectivity index (χ4v) is 10.1. The maximum absolute atomic E-state index is 6.55. The zero-order chi connectivity index (χ0) is 36.2. The van der Waals surface area contributed by atoms with Crippen molar-refractivity contribution in [3.8, 4) is 0 Å². The normalized spacial score (nSPS) is 21.5. The summed E-state index contributed by atoms with van der Waals surface area (Å²) < 4.78 is 6.55. The fourth-order valence-electron chi connectivity index (χ4n) is 10.1. The summed E-state index contributed by atoms with van der Waals surface area (Å²) in [6.07, 6.45) is 15.5. The number of nitrogens with zero attached hydrogens (tertiary/aromatic N) is 1. The van der Waals surface area contributed by atoms with Crippen LogP contribution >= 0.6 is 0 Å². The highest BCUT2D eigenvalue weighted by Gasteiger charge is 2.45. The van der Waals surface area contributed by atoms with Crippen LogP contribution in [0.3, 0.4) is 0 Å². The van der Waals surface area contributed by atoms with Gasteiger partial charge in [-0.05, 0) is 91.5 Å². The van der Waals surface area contributed by atoms with E-state index in [-0.39, 0.29) is 10.8 Å². The minimum Gasteiger partial charge on any atom is -0.456 e. The van der Waals surface area contributed by atoms with E-state index in [1.165, 1.54) is 76.9 Å². The molecule has 11 rings (SSSR count). The van der Waals surface area contributed by atoms with Gasteiger partial charge in [0.1, 0.15) is 11.2 Å². The summed E-state index contributed by atoms with van der Waals surface area (Å²) in [5.74, 6) is 0.726. The third-order valence-corrected chi connectivity index (χ3v) is 12.9. The van der Waals surface area contributed by atoms with Crippen molar-refractivity contribution in [1.82, 2.24) is 0 Å². The summed E-state index contributed by atoms with van der Waals surface area (Å²) in [6.45, 7) is 7.16. The number of benzene rings is 7. The van der Waals surface area contributed by atoms with Crippen molar-refractivity contribution in [2.75, 3.05) is 4.90 Å². The molecule has 0 saturated carbocycles. The number of para-hydroxylation sites is 2. The quantitative estimate of drug-likeness (QED) is 0.170. The molecule has 2 heteroatoms. The number of hydrogen-bond acceptors (Lipinski definition) is 2. The van der Waals surface area contributed by atoms with Crippen LogP contribution in [0.1, 0.15) is 49.8 Å². The molecule has 0 bridgehead atoms. The average Bonchev–Trinajstić information content (AvgIpc) is 3.71. The van der Waals surface area contributed by atoms with E-state index >= 15 is 0 Å². The van der Waals surface area contributed by atoms with E-state index < -0.39 is 0 Å². The Labute approximate surface area is 316 Å². The maximum Gasteiger partial charge on any atom is 0.139 e. The van der Waals surface area contributed by atoms with Crippen molar-refractivity contribution < 1.29 is 4.42 Å². The van der Waals surface area contributed by atoms with Crippen LogP contribution < -0.4 is 4.90 Å². The second kappa shape index (κ2) is 11.4. The molecule has 8 aromatic rings. The molecule has 7 aromatic carbocycles. The highest BCUT2D eigenvalue weighted by atomic mass is 16.3. The van der Waals surface area contributed by atoms with Crippen molar-refractivity contribution in [1.29, 1.82) is 0 Å². The van der Waals surface area contributed by atoms with Crippen LogP contribution in [0.2, 0.25) is 0 Å². The summed E-state index contributed by atoms with van der Waals surface area (Å²) >= 11 is 0. The van der Waals surface area contributed by atoms with Crippen LogP contribution in [0, 0.1) is 5.92 Å². The summed E-state index contributed by atoms with van der Waals surface area (Å²) in [6, 6.07) is 48.9. The number of fused-ring (bicyclic) bond motifs is 12. The van der Waals surface area contributed by atoms with Gasteiger partial charge in [-0.25, -0.2) is 0 Å². The number of hydrogen-bond donors (Lipinski definition) is 0. The van der Waals surface area contributed by atoms with Crippen LogP contribution in [-0.4, -0.2) is 0 Å². The molecule has 0 amide bonds. The Morgan fingerprint density at radius 1 is 0.574 bits per heavy atom. The number of rotatable bonds is 4. The molecule has 0 saturated heterocycles. The lowest BCUT2D eigenvalue weighted by molar-refractivity contribution is 0.393. The van der Waals surface area contributed by atoms with E-state index in [9.17, 15) is 0 Å². The molecule has 0 aliphatic heterocycles. The van der Waals surface area contributed by atoms with Crippen molar-refractivity contribution in [2.24, 2.45) is 5.92 Å². The van der Waals surface area contributed by atoms with E-state index in [1.54, 1.807) is 0 Å². The van der Waals surface area contributed by atoms with Gasteiger partial charge in [0.2, 0.25) is 0 Å². The smallest absolute Gasteiger partial charge is 0.139 e. The van der Waals surface area contributed by atoms with Gasteiger partial charge < -0.3 is 9.32 Å². The SMILES string of the molecule is CC1(C)c2ccccc2C2C=C(N(C3=CC[C@](C)(c4cccc5c4oc4ccccc45)C=C3)c3ccc4c5ccccc5c5ccccc5c4c3)C=CC21. The van der Waals surface area contributed by atoms with Crippen LogP contribution in [0.15, 0.2) is 186 Å². The Bertz CT molecular complexity index is 2950. The molecule has 1 heterocycles. The molecule has 1 aromatic heterocycles. The zero-order valence-corrected chi connectivity index (χ0v) is 30.9. The molecule has 2 unspecified atom stereocenters. The first-order valence-electron chi connectivity index (χ1n) is 19.3. The molecular formula is C52H41NO. The molecule has 260 valence electrons. The lowest BCUT2D eigenvalue weighted by Gasteiger charge is -2.36. The van der Waals surface area contributed by atoms with Gasteiger partial charge in [0.25, 0.3) is 0 Å². The Morgan fingerprint density at radius 2 is 1.20 bits per heavy atom. The molecule has 0 radical (unpaired) electrons.